The molecule has 3 aromatic carbocycles. The largest absolute Gasteiger partial charge is 0.504 e. The lowest BCUT2D eigenvalue weighted by molar-refractivity contribution is -0.117. The van der Waals surface area contributed by atoms with Crippen LogP contribution in [0.5, 0.6) is 23.0 Å². The molecule has 0 aliphatic carbocycles. The smallest absolute Gasteiger partial charge is 0.287 e. The van der Waals surface area contributed by atoms with Crippen LogP contribution in [-0.4, -0.2) is 37.0 Å². The number of hydrazone groups is 1. The van der Waals surface area contributed by atoms with Gasteiger partial charge in [-0.25, -0.2) is 5.43 Å². The van der Waals surface area contributed by atoms with E-state index in [1.54, 1.807) is 66.7 Å². The van der Waals surface area contributed by atoms with Gasteiger partial charge in [-0.1, -0.05) is 30.3 Å². The summed E-state index contributed by atoms with van der Waals surface area (Å²) in [6, 6.07) is 18.5. The van der Waals surface area contributed by atoms with Gasteiger partial charge in [0.05, 0.1) is 13.3 Å². The van der Waals surface area contributed by atoms with Gasteiger partial charge in [0.25, 0.3) is 11.8 Å². The van der Waals surface area contributed by atoms with Crippen LogP contribution in [0.3, 0.4) is 0 Å². The SMILES string of the molecule is COc1cccc(C=NNC(=O)C(=Cc2ccc3c(c2)OCO3)NC(=O)c2ccccc2)c1O. The topological polar surface area (TPSA) is 118 Å². The highest BCUT2D eigenvalue weighted by atomic mass is 16.7. The fraction of sp³-hybridized carbons (Fsp3) is 0.0800. The molecule has 3 aromatic rings. The first-order chi connectivity index (χ1) is 16.5. The predicted octanol–water partition coefficient (Wildman–Crippen LogP) is 3.05. The predicted molar refractivity (Wildman–Crippen MR) is 125 cm³/mol. The third-order valence-corrected chi connectivity index (χ3v) is 4.86. The number of ether oxygens (including phenoxy) is 3. The first-order valence-electron chi connectivity index (χ1n) is 10.2. The fourth-order valence-electron chi connectivity index (χ4n) is 3.14. The lowest BCUT2D eigenvalue weighted by Crippen LogP contribution is -2.32. The van der Waals surface area contributed by atoms with Crippen molar-refractivity contribution in [1.29, 1.82) is 0 Å². The number of aromatic hydroxyl groups is 1. The van der Waals surface area contributed by atoms with Gasteiger partial charge in [0, 0.05) is 11.1 Å². The summed E-state index contributed by atoms with van der Waals surface area (Å²) >= 11 is 0. The molecule has 0 atom stereocenters. The maximum Gasteiger partial charge on any atom is 0.287 e. The molecule has 0 aromatic heterocycles. The number of amides is 2. The summed E-state index contributed by atoms with van der Waals surface area (Å²) in [6.07, 6.45) is 2.77. The molecule has 1 heterocycles. The van der Waals surface area contributed by atoms with Crippen molar-refractivity contribution in [3.63, 3.8) is 0 Å². The fourth-order valence-corrected chi connectivity index (χ4v) is 3.14. The number of hydrogen-bond donors (Lipinski definition) is 3. The van der Waals surface area contributed by atoms with Gasteiger partial charge in [-0.3, -0.25) is 9.59 Å². The summed E-state index contributed by atoms with van der Waals surface area (Å²) in [7, 11) is 1.43. The Morgan fingerprint density at radius 2 is 1.82 bits per heavy atom. The molecule has 0 bridgehead atoms. The van der Waals surface area contributed by atoms with Crippen LogP contribution in [0.2, 0.25) is 0 Å². The minimum atomic E-state index is -0.666. The summed E-state index contributed by atoms with van der Waals surface area (Å²) in [5, 5.41) is 16.7. The maximum absolute atomic E-state index is 12.9. The Bertz CT molecular complexity index is 1270. The molecule has 1 aliphatic heterocycles. The first-order valence-corrected chi connectivity index (χ1v) is 10.2. The Hall–Kier alpha value is -4.79. The van der Waals surface area contributed by atoms with Crippen LogP contribution in [0.25, 0.3) is 6.08 Å². The van der Waals surface area contributed by atoms with Crippen molar-refractivity contribution in [2.45, 2.75) is 0 Å². The zero-order chi connectivity index (χ0) is 23.9. The zero-order valence-corrected chi connectivity index (χ0v) is 18.1. The van der Waals surface area contributed by atoms with E-state index in [1.165, 1.54) is 19.4 Å². The molecule has 0 spiro atoms. The van der Waals surface area contributed by atoms with E-state index >= 15 is 0 Å². The number of phenolic OH excluding ortho intramolecular Hbond substituents is 1. The number of carbonyl (C=O) groups is 2. The lowest BCUT2D eigenvalue weighted by Gasteiger charge is -2.10. The minimum absolute atomic E-state index is 0.0419. The number of methoxy groups -OCH3 is 1. The van der Waals surface area contributed by atoms with Crippen LogP contribution >= 0.6 is 0 Å². The molecule has 0 unspecified atom stereocenters. The second-order valence-electron chi connectivity index (χ2n) is 7.09. The van der Waals surface area contributed by atoms with E-state index in [1.807, 2.05) is 0 Å². The van der Waals surface area contributed by atoms with Crippen LogP contribution in [0.1, 0.15) is 21.5 Å². The zero-order valence-electron chi connectivity index (χ0n) is 18.1. The Labute approximate surface area is 195 Å². The van der Waals surface area contributed by atoms with Crippen LogP contribution in [0, 0.1) is 0 Å². The Kier molecular flexibility index (Phi) is 6.73. The Morgan fingerprint density at radius 1 is 1.03 bits per heavy atom. The Morgan fingerprint density at radius 3 is 2.62 bits per heavy atom. The number of fused-ring (bicyclic) bond motifs is 1. The number of nitrogens with one attached hydrogen (secondary N) is 2. The molecular formula is C25H21N3O6. The summed E-state index contributed by atoms with van der Waals surface area (Å²) in [5.74, 6) is 0.164. The van der Waals surface area contributed by atoms with E-state index in [9.17, 15) is 14.7 Å². The molecule has 0 saturated heterocycles. The standard InChI is InChI=1S/C25H21N3O6/c1-32-21-9-5-8-18(23(21)29)14-26-28-25(31)19(27-24(30)17-6-3-2-4-7-17)12-16-10-11-20-22(13-16)34-15-33-20/h2-14,29H,15H2,1H3,(H,27,30)(H,28,31). The summed E-state index contributed by atoms with van der Waals surface area (Å²) in [5.41, 5.74) is 3.66. The van der Waals surface area contributed by atoms with Gasteiger partial charge in [0.1, 0.15) is 5.70 Å². The van der Waals surface area contributed by atoms with Gasteiger partial charge in [-0.2, -0.15) is 5.10 Å². The van der Waals surface area contributed by atoms with E-state index in [0.717, 1.165) is 0 Å². The van der Waals surface area contributed by atoms with Gasteiger partial charge < -0.3 is 24.6 Å². The molecule has 2 amide bonds. The van der Waals surface area contributed by atoms with Crippen LogP contribution in [-0.2, 0) is 4.79 Å². The van der Waals surface area contributed by atoms with Crippen LogP contribution in [0.4, 0.5) is 0 Å². The monoisotopic (exact) mass is 459 g/mol. The maximum atomic E-state index is 12.9. The molecule has 1 aliphatic rings. The van der Waals surface area contributed by atoms with Crippen LogP contribution in [0.15, 0.2) is 77.5 Å². The molecule has 34 heavy (non-hydrogen) atoms. The van der Waals surface area contributed by atoms with Gasteiger partial charge >= 0.3 is 0 Å². The second-order valence-corrected chi connectivity index (χ2v) is 7.09. The van der Waals surface area contributed by atoms with Crippen LogP contribution < -0.4 is 25.0 Å². The van der Waals surface area contributed by atoms with Crippen molar-refractivity contribution in [3.8, 4) is 23.0 Å². The van der Waals surface area contributed by atoms with E-state index in [0.29, 0.717) is 28.2 Å². The quantitative estimate of drug-likeness (QED) is 0.284. The summed E-state index contributed by atoms with van der Waals surface area (Å²) in [4.78, 5) is 25.6. The molecule has 172 valence electrons. The van der Waals surface area contributed by atoms with Crippen molar-refractivity contribution in [1.82, 2.24) is 10.7 Å². The van der Waals surface area contributed by atoms with Gasteiger partial charge in [-0.15, -0.1) is 0 Å². The number of para-hydroxylation sites is 1. The van der Waals surface area contributed by atoms with E-state index in [4.69, 9.17) is 14.2 Å². The highest BCUT2D eigenvalue weighted by Crippen LogP contribution is 2.33. The summed E-state index contributed by atoms with van der Waals surface area (Å²) in [6.45, 7) is 0.117. The third kappa shape index (κ3) is 5.16. The van der Waals surface area contributed by atoms with Gasteiger partial charge in [-0.05, 0) is 48.0 Å². The number of hydrogen-bond acceptors (Lipinski definition) is 7. The summed E-state index contributed by atoms with van der Waals surface area (Å²) < 4.78 is 15.7. The average Bonchev–Trinajstić information content (AvgIpc) is 3.33. The molecular weight excluding hydrogens is 438 g/mol. The van der Waals surface area contributed by atoms with E-state index in [-0.39, 0.29) is 24.0 Å². The van der Waals surface area contributed by atoms with Crippen molar-refractivity contribution in [2.24, 2.45) is 5.10 Å². The van der Waals surface area contributed by atoms with E-state index in [2.05, 4.69) is 15.8 Å². The average molecular weight is 459 g/mol. The highest BCUT2D eigenvalue weighted by molar-refractivity contribution is 6.05. The number of carbonyl (C=O) groups excluding carboxylic acids is 2. The number of phenols is 1. The molecule has 0 radical (unpaired) electrons. The lowest BCUT2D eigenvalue weighted by atomic mass is 10.1. The molecule has 0 fully saturated rings. The third-order valence-electron chi connectivity index (χ3n) is 4.86. The normalized spacial score (nSPS) is 12.4. The Balaban J connectivity index is 1.57. The van der Waals surface area contributed by atoms with Crippen molar-refractivity contribution in [2.75, 3.05) is 13.9 Å². The molecule has 9 heteroatoms. The minimum Gasteiger partial charge on any atom is -0.504 e. The molecule has 0 saturated carbocycles. The van der Waals surface area contributed by atoms with E-state index < -0.39 is 11.8 Å². The number of rotatable bonds is 7. The van der Waals surface area contributed by atoms with Crippen molar-refractivity contribution in [3.05, 3.63) is 89.1 Å². The second kappa shape index (κ2) is 10.2. The number of benzene rings is 3. The first kappa shape index (κ1) is 22.4. The van der Waals surface area contributed by atoms with Crippen molar-refractivity contribution >= 4 is 24.1 Å². The molecule has 9 nitrogen and oxygen atoms in total. The highest BCUT2D eigenvalue weighted by Gasteiger charge is 2.17. The molecule has 4 rings (SSSR count). The number of nitrogens with zero attached hydrogens (tertiary/aromatic N) is 1. The molecule has 3 N–H and O–H groups in total. The van der Waals surface area contributed by atoms with Crippen molar-refractivity contribution < 1.29 is 28.9 Å². The van der Waals surface area contributed by atoms with Gasteiger partial charge in [0.15, 0.2) is 23.0 Å². The van der Waals surface area contributed by atoms with Gasteiger partial charge in [0.2, 0.25) is 6.79 Å².